The van der Waals surface area contributed by atoms with E-state index in [1.807, 2.05) is 30.9 Å². The standard InChI is InChI=1S/C22H26N4O4/c1-4-10-28-22(27)26-16-7-8-17(26)12-18(11-16)29-20-14(2)21(25-13-24-20)30-19-6-5-9-23-15(19)3/h4-6,9,13,16-18H,1,7-8,10-12H2,2-3H3. The van der Waals surface area contributed by atoms with Gasteiger partial charge in [0.25, 0.3) is 0 Å². The van der Waals surface area contributed by atoms with E-state index in [1.54, 1.807) is 12.3 Å². The zero-order valence-electron chi connectivity index (χ0n) is 17.3. The zero-order chi connectivity index (χ0) is 21.1. The van der Waals surface area contributed by atoms with Gasteiger partial charge in [0.1, 0.15) is 19.0 Å². The first-order valence-corrected chi connectivity index (χ1v) is 10.2. The number of aryl methyl sites for hydroxylation is 1. The lowest BCUT2D eigenvalue weighted by Gasteiger charge is -2.37. The van der Waals surface area contributed by atoms with Crippen molar-refractivity contribution >= 4 is 6.09 Å². The number of nitrogens with zero attached hydrogens (tertiary/aromatic N) is 4. The highest BCUT2D eigenvalue weighted by Crippen LogP contribution is 2.38. The minimum Gasteiger partial charge on any atom is -0.474 e. The maximum Gasteiger partial charge on any atom is 0.410 e. The number of amides is 1. The van der Waals surface area contributed by atoms with E-state index in [9.17, 15) is 4.79 Å². The van der Waals surface area contributed by atoms with Crippen molar-refractivity contribution in [3.63, 3.8) is 0 Å². The first-order chi connectivity index (χ1) is 14.6. The molecule has 0 saturated carbocycles. The Hall–Kier alpha value is -3.16. The van der Waals surface area contributed by atoms with E-state index in [0.29, 0.717) is 17.5 Å². The molecular formula is C22H26N4O4. The SMILES string of the molecule is C=CCOC(=O)N1C2CCC1CC(Oc1ncnc(Oc3cccnc3C)c1C)C2. The molecule has 2 saturated heterocycles. The van der Waals surface area contributed by atoms with Gasteiger partial charge in [-0.2, -0.15) is 0 Å². The molecule has 2 unspecified atom stereocenters. The average molecular weight is 410 g/mol. The Balaban J connectivity index is 1.44. The fourth-order valence-electron chi connectivity index (χ4n) is 4.21. The molecule has 30 heavy (non-hydrogen) atoms. The molecule has 0 radical (unpaired) electrons. The van der Waals surface area contributed by atoms with Gasteiger partial charge in [-0.3, -0.25) is 4.98 Å². The van der Waals surface area contributed by atoms with Gasteiger partial charge in [-0.15, -0.1) is 0 Å². The Morgan fingerprint density at radius 3 is 2.63 bits per heavy atom. The number of piperidine rings is 1. The van der Waals surface area contributed by atoms with Crippen LogP contribution in [-0.4, -0.2) is 50.7 Å². The van der Waals surface area contributed by atoms with Crippen LogP contribution in [0.2, 0.25) is 0 Å². The van der Waals surface area contributed by atoms with Crippen molar-refractivity contribution in [3.8, 4) is 17.5 Å². The lowest BCUT2D eigenvalue weighted by Crippen LogP contribution is -2.49. The van der Waals surface area contributed by atoms with Crippen molar-refractivity contribution < 1.29 is 19.0 Å². The Morgan fingerprint density at radius 1 is 1.20 bits per heavy atom. The lowest BCUT2D eigenvalue weighted by atomic mass is 10.0. The van der Waals surface area contributed by atoms with Crippen LogP contribution in [0, 0.1) is 13.8 Å². The van der Waals surface area contributed by atoms with Crippen LogP contribution >= 0.6 is 0 Å². The van der Waals surface area contributed by atoms with E-state index in [1.165, 1.54) is 6.33 Å². The molecule has 8 heteroatoms. The Morgan fingerprint density at radius 2 is 1.93 bits per heavy atom. The fraction of sp³-hybridized carbons (Fsp3) is 0.455. The molecule has 8 nitrogen and oxygen atoms in total. The van der Waals surface area contributed by atoms with Crippen molar-refractivity contribution in [3.05, 3.63) is 48.6 Å². The molecule has 4 rings (SSSR count). The third kappa shape index (κ3) is 4.08. The molecule has 2 aliphatic rings. The summed E-state index contributed by atoms with van der Waals surface area (Å²) in [5, 5.41) is 0. The Kier molecular flexibility index (Phi) is 5.83. The topological polar surface area (TPSA) is 86.7 Å². The number of aromatic nitrogens is 3. The highest BCUT2D eigenvalue weighted by molar-refractivity contribution is 5.69. The molecule has 0 aliphatic carbocycles. The summed E-state index contributed by atoms with van der Waals surface area (Å²) in [6, 6.07) is 3.92. The fourth-order valence-corrected chi connectivity index (χ4v) is 4.21. The number of ether oxygens (including phenoxy) is 3. The molecule has 2 atom stereocenters. The second-order valence-corrected chi connectivity index (χ2v) is 7.67. The predicted octanol–water partition coefficient (Wildman–Crippen LogP) is 3.98. The predicted molar refractivity (Wildman–Crippen MR) is 110 cm³/mol. The molecule has 0 spiro atoms. The molecule has 2 aliphatic heterocycles. The number of hydrogen-bond acceptors (Lipinski definition) is 7. The van der Waals surface area contributed by atoms with E-state index in [0.717, 1.165) is 36.9 Å². The van der Waals surface area contributed by atoms with Gasteiger partial charge in [-0.25, -0.2) is 14.8 Å². The quantitative estimate of drug-likeness (QED) is 0.666. The molecule has 0 aromatic carbocycles. The third-order valence-electron chi connectivity index (χ3n) is 5.66. The highest BCUT2D eigenvalue weighted by Gasteiger charge is 2.45. The maximum atomic E-state index is 12.4. The van der Waals surface area contributed by atoms with Gasteiger partial charge in [0.05, 0.1) is 11.3 Å². The number of hydrogen-bond donors (Lipinski definition) is 0. The molecule has 0 N–H and O–H groups in total. The van der Waals surface area contributed by atoms with E-state index in [-0.39, 0.29) is 30.9 Å². The second-order valence-electron chi connectivity index (χ2n) is 7.67. The average Bonchev–Trinajstić information content (AvgIpc) is 3.01. The van der Waals surface area contributed by atoms with Crippen LogP contribution in [0.25, 0.3) is 0 Å². The normalized spacial score (nSPS) is 22.5. The van der Waals surface area contributed by atoms with Gasteiger partial charge in [0, 0.05) is 31.1 Å². The van der Waals surface area contributed by atoms with E-state index in [4.69, 9.17) is 14.2 Å². The number of carbonyl (C=O) groups is 1. The van der Waals surface area contributed by atoms with Crippen molar-refractivity contribution in [2.75, 3.05) is 6.61 Å². The largest absolute Gasteiger partial charge is 0.474 e. The van der Waals surface area contributed by atoms with Gasteiger partial charge < -0.3 is 19.1 Å². The summed E-state index contributed by atoms with van der Waals surface area (Å²) < 4.78 is 17.4. The van der Waals surface area contributed by atoms with Crippen LogP contribution < -0.4 is 9.47 Å². The van der Waals surface area contributed by atoms with Crippen molar-refractivity contribution in [2.24, 2.45) is 0 Å². The summed E-state index contributed by atoms with van der Waals surface area (Å²) in [7, 11) is 0. The second kappa shape index (κ2) is 8.69. The summed E-state index contributed by atoms with van der Waals surface area (Å²) in [6.07, 6.45) is 7.89. The van der Waals surface area contributed by atoms with Crippen LogP contribution in [0.1, 0.15) is 36.9 Å². The highest BCUT2D eigenvalue weighted by atomic mass is 16.6. The van der Waals surface area contributed by atoms with E-state index in [2.05, 4.69) is 21.5 Å². The molecule has 2 aromatic heterocycles. The molecule has 2 fully saturated rings. The van der Waals surface area contributed by atoms with Crippen LogP contribution in [-0.2, 0) is 4.74 Å². The molecular weight excluding hydrogens is 384 g/mol. The molecule has 2 bridgehead atoms. The number of fused-ring (bicyclic) bond motifs is 2. The van der Waals surface area contributed by atoms with Gasteiger partial charge >= 0.3 is 6.09 Å². The Labute approximate surface area is 175 Å². The van der Waals surface area contributed by atoms with E-state index >= 15 is 0 Å². The number of carbonyl (C=O) groups excluding carboxylic acids is 1. The molecule has 158 valence electrons. The molecule has 4 heterocycles. The Bertz CT molecular complexity index is 921. The first kappa shape index (κ1) is 20.1. The number of pyridine rings is 1. The van der Waals surface area contributed by atoms with Gasteiger partial charge in [0.15, 0.2) is 5.75 Å². The zero-order valence-corrected chi connectivity index (χ0v) is 17.3. The van der Waals surface area contributed by atoms with Crippen LogP contribution in [0.3, 0.4) is 0 Å². The summed E-state index contributed by atoms with van der Waals surface area (Å²) in [6.45, 7) is 7.59. The van der Waals surface area contributed by atoms with Gasteiger partial charge in [0.2, 0.25) is 11.8 Å². The smallest absolute Gasteiger partial charge is 0.410 e. The van der Waals surface area contributed by atoms with Crippen molar-refractivity contribution in [1.82, 2.24) is 19.9 Å². The van der Waals surface area contributed by atoms with Gasteiger partial charge in [-0.1, -0.05) is 12.7 Å². The van der Waals surface area contributed by atoms with Crippen LogP contribution in [0.4, 0.5) is 4.79 Å². The van der Waals surface area contributed by atoms with Crippen LogP contribution in [0.15, 0.2) is 37.3 Å². The van der Waals surface area contributed by atoms with Crippen molar-refractivity contribution in [2.45, 2.75) is 57.7 Å². The monoisotopic (exact) mass is 410 g/mol. The van der Waals surface area contributed by atoms with Crippen LogP contribution in [0.5, 0.6) is 17.5 Å². The third-order valence-corrected chi connectivity index (χ3v) is 5.66. The minimum atomic E-state index is -0.262. The van der Waals surface area contributed by atoms with Gasteiger partial charge in [-0.05, 0) is 38.8 Å². The minimum absolute atomic E-state index is 0.0208. The first-order valence-electron chi connectivity index (χ1n) is 10.2. The summed E-state index contributed by atoms with van der Waals surface area (Å²) in [5.41, 5.74) is 1.52. The maximum absolute atomic E-state index is 12.4. The summed E-state index contributed by atoms with van der Waals surface area (Å²) in [5.74, 6) is 1.60. The van der Waals surface area contributed by atoms with Crippen molar-refractivity contribution in [1.29, 1.82) is 0 Å². The number of rotatable bonds is 6. The summed E-state index contributed by atoms with van der Waals surface area (Å²) in [4.78, 5) is 27.0. The molecule has 2 aromatic rings. The lowest BCUT2D eigenvalue weighted by molar-refractivity contribution is 0.0354. The molecule has 1 amide bonds. The van der Waals surface area contributed by atoms with E-state index < -0.39 is 0 Å². The summed E-state index contributed by atoms with van der Waals surface area (Å²) >= 11 is 0.